The number of aromatic nitrogens is 1. The molecule has 2 nitrogen and oxygen atoms in total. The Balaban J connectivity index is 2.51. The molecule has 0 saturated heterocycles. The van der Waals surface area contributed by atoms with Crippen LogP contribution in [0.4, 0.5) is 0 Å². The average Bonchev–Trinajstić information content (AvgIpc) is 2.52. The molecule has 0 aromatic carbocycles. The Bertz CT molecular complexity index is 312. The number of pyridine rings is 1. The smallest absolute Gasteiger partial charge is 0.0853 e. The minimum atomic E-state index is 0.0336. The van der Waals surface area contributed by atoms with Crippen molar-refractivity contribution < 1.29 is 5.11 Å². The summed E-state index contributed by atoms with van der Waals surface area (Å²) in [5, 5.41) is 8.91. The summed E-state index contributed by atoms with van der Waals surface area (Å²) in [5.74, 6) is 0. The largest absolute Gasteiger partial charge is 0.390 e. The normalized spacial score (nSPS) is 14.8. The number of hydrogen-bond donors (Lipinski definition) is 1. The monoisotopic (exact) mass is 227 g/mol. The Labute approximate surface area is 79.8 Å². The fourth-order valence-corrected chi connectivity index (χ4v) is 2.32. The van der Waals surface area contributed by atoms with Crippen molar-refractivity contribution in [3.8, 4) is 0 Å². The van der Waals surface area contributed by atoms with Crippen molar-refractivity contribution in [2.45, 2.75) is 25.9 Å². The summed E-state index contributed by atoms with van der Waals surface area (Å²) in [6.07, 6.45) is 3.37. The Morgan fingerprint density at radius 2 is 2.33 bits per heavy atom. The van der Waals surface area contributed by atoms with E-state index in [9.17, 15) is 0 Å². The van der Waals surface area contributed by atoms with Crippen LogP contribution < -0.4 is 0 Å². The lowest BCUT2D eigenvalue weighted by molar-refractivity contribution is 0.276. The van der Waals surface area contributed by atoms with Crippen LogP contribution in [0.25, 0.3) is 0 Å². The second-order valence-electron chi connectivity index (χ2n) is 3.03. The van der Waals surface area contributed by atoms with E-state index in [2.05, 4.69) is 20.9 Å². The van der Waals surface area contributed by atoms with Crippen molar-refractivity contribution in [3.63, 3.8) is 0 Å². The van der Waals surface area contributed by atoms with Crippen molar-refractivity contribution in [1.82, 2.24) is 4.98 Å². The maximum absolute atomic E-state index is 8.91. The number of aliphatic hydroxyl groups is 1. The van der Waals surface area contributed by atoms with Gasteiger partial charge in [0, 0.05) is 10.2 Å². The fourth-order valence-electron chi connectivity index (χ4n) is 1.63. The van der Waals surface area contributed by atoms with Gasteiger partial charge in [-0.25, -0.2) is 0 Å². The van der Waals surface area contributed by atoms with Crippen molar-refractivity contribution in [2.75, 3.05) is 0 Å². The summed E-state index contributed by atoms with van der Waals surface area (Å²) in [6, 6.07) is 1.91. The van der Waals surface area contributed by atoms with Crippen molar-refractivity contribution in [3.05, 3.63) is 27.5 Å². The van der Waals surface area contributed by atoms with Crippen molar-refractivity contribution in [2.24, 2.45) is 0 Å². The first kappa shape index (κ1) is 8.20. The number of fused-ring (bicyclic) bond motifs is 1. The number of nitrogens with zero attached hydrogens (tertiary/aromatic N) is 1. The van der Waals surface area contributed by atoms with Crippen LogP contribution in [0.1, 0.15) is 23.4 Å². The Hall–Kier alpha value is -0.410. The molecule has 0 atom stereocenters. The van der Waals surface area contributed by atoms with Gasteiger partial charge in [0.15, 0.2) is 0 Å². The molecule has 0 radical (unpaired) electrons. The summed E-state index contributed by atoms with van der Waals surface area (Å²) >= 11 is 3.49. The van der Waals surface area contributed by atoms with E-state index in [0.29, 0.717) is 0 Å². The minimum Gasteiger partial charge on any atom is -0.390 e. The zero-order valence-electron chi connectivity index (χ0n) is 6.68. The highest BCUT2D eigenvalue weighted by Gasteiger charge is 2.15. The molecule has 64 valence electrons. The van der Waals surface area contributed by atoms with Gasteiger partial charge in [-0.15, -0.1) is 0 Å². The number of halogens is 1. The van der Waals surface area contributed by atoms with Gasteiger partial charge in [-0.1, -0.05) is 15.9 Å². The molecule has 2 rings (SSSR count). The van der Waals surface area contributed by atoms with Gasteiger partial charge in [0.05, 0.1) is 12.3 Å². The predicted octanol–water partition coefficient (Wildman–Crippen LogP) is 1.83. The average molecular weight is 228 g/mol. The molecule has 0 saturated carbocycles. The molecule has 0 bridgehead atoms. The van der Waals surface area contributed by atoms with Gasteiger partial charge in [0.1, 0.15) is 0 Å². The molecule has 1 aliphatic carbocycles. The van der Waals surface area contributed by atoms with Gasteiger partial charge in [0.2, 0.25) is 0 Å². The van der Waals surface area contributed by atoms with Crippen LogP contribution in [0.3, 0.4) is 0 Å². The van der Waals surface area contributed by atoms with Crippen molar-refractivity contribution in [1.29, 1.82) is 0 Å². The molecule has 0 fully saturated rings. The lowest BCUT2D eigenvalue weighted by Crippen LogP contribution is -1.96. The topological polar surface area (TPSA) is 33.1 Å². The summed E-state index contributed by atoms with van der Waals surface area (Å²) in [6.45, 7) is 0.0336. The van der Waals surface area contributed by atoms with Crippen LogP contribution in [0.2, 0.25) is 0 Å². The van der Waals surface area contributed by atoms with E-state index in [4.69, 9.17) is 5.11 Å². The van der Waals surface area contributed by atoms with Crippen LogP contribution in [0.5, 0.6) is 0 Å². The number of hydrogen-bond acceptors (Lipinski definition) is 2. The zero-order chi connectivity index (χ0) is 8.55. The Kier molecular flexibility index (Phi) is 2.15. The standard InChI is InChI=1S/C9H10BrNO/c10-8-4-6(5-12)11-9-3-1-2-7(8)9/h4,12H,1-3,5H2. The highest BCUT2D eigenvalue weighted by atomic mass is 79.9. The maximum atomic E-state index is 8.91. The predicted molar refractivity (Wildman–Crippen MR) is 49.9 cm³/mol. The second kappa shape index (κ2) is 3.15. The third-order valence-electron chi connectivity index (χ3n) is 2.21. The van der Waals surface area contributed by atoms with Gasteiger partial charge >= 0.3 is 0 Å². The summed E-state index contributed by atoms with van der Waals surface area (Å²) < 4.78 is 1.11. The van der Waals surface area contributed by atoms with Crippen LogP contribution >= 0.6 is 15.9 Å². The lowest BCUT2D eigenvalue weighted by Gasteiger charge is -2.03. The number of rotatable bonds is 1. The van der Waals surface area contributed by atoms with E-state index in [1.54, 1.807) is 0 Å². The van der Waals surface area contributed by atoms with E-state index in [0.717, 1.165) is 28.7 Å². The van der Waals surface area contributed by atoms with Crippen molar-refractivity contribution >= 4 is 15.9 Å². The molecule has 3 heteroatoms. The molecule has 12 heavy (non-hydrogen) atoms. The molecule has 1 aromatic heterocycles. The highest BCUT2D eigenvalue weighted by Crippen LogP contribution is 2.28. The maximum Gasteiger partial charge on any atom is 0.0853 e. The van der Waals surface area contributed by atoms with Gasteiger partial charge in [0.25, 0.3) is 0 Å². The summed E-state index contributed by atoms with van der Waals surface area (Å²) in [4.78, 5) is 4.35. The van der Waals surface area contributed by atoms with Gasteiger partial charge < -0.3 is 5.11 Å². The molecule has 0 unspecified atom stereocenters. The van der Waals surface area contributed by atoms with E-state index >= 15 is 0 Å². The van der Waals surface area contributed by atoms with E-state index in [1.807, 2.05) is 6.07 Å². The molecule has 1 N–H and O–H groups in total. The van der Waals surface area contributed by atoms with Crippen LogP contribution in [-0.2, 0) is 19.4 Å². The molecule has 0 spiro atoms. The van der Waals surface area contributed by atoms with Crippen LogP contribution in [0, 0.1) is 0 Å². The van der Waals surface area contributed by atoms with E-state index in [1.165, 1.54) is 12.0 Å². The molecule has 1 aliphatic rings. The fraction of sp³-hybridized carbons (Fsp3) is 0.444. The van der Waals surface area contributed by atoms with E-state index < -0.39 is 0 Å². The van der Waals surface area contributed by atoms with E-state index in [-0.39, 0.29) is 6.61 Å². The zero-order valence-corrected chi connectivity index (χ0v) is 8.26. The molecule has 1 aromatic rings. The quantitative estimate of drug-likeness (QED) is 0.795. The molecule has 1 heterocycles. The van der Waals surface area contributed by atoms with Gasteiger partial charge in [-0.05, 0) is 30.9 Å². The van der Waals surface area contributed by atoms with Gasteiger partial charge in [-0.2, -0.15) is 0 Å². The lowest BCUT2D eigenvalue weighted by atomic mass is 10.2. The number of aryl methyl sites for hydroxylation is 1. The van der Waals surface area contributed by atoms with Gasteiger partial charge in [-0.3, -0.25) is 4.98 Å². The van der Waals surface area contributed by atoms with Crippen LogP contribution in [-0.4, -0.2) is 10.1 Å². The first-order chi connectivity index (χ1) is 5.81. The minimum absolute atomic E-state index is 0.0336. The third-order valence-corrected chi connectivity index (χ3v) is 2.92. The Morgan fingerprint density at radius 3 is 3.08 bits per heavy atom. The third kappa shape index (κ3) is 1.27. The molecular formula is C9H10BrNO. The number of aliphatic hydroxyl groups excluding tert-OH is 1. The summed E-state index contributed by atoms with van der Waals surface area (Å²) in [5.41, 5.74) is 3.25. The molecule has 0 amide bonds. The molecule has 0 aliphatic heterocycles. The molecular weight excluding hydrogens is 218 g/mol. The van der Waals surface area contributed by atoms with Crippen LogP contribution in [0.15, 0.2) is 10.5 Å². The summed E-state index contributed by atoms with van der Waals surface area (Å²) in [7, 11) is 0. The SMILES string of the molecule is OCc1cc(Br)c2c(n1)CCC2. The first-order valence-corrected chi connectivity index (χ1v) is 4.88. The Morgan fingerprint density at radius 1 is 1.50 bits per heavy atom. The second-order valence-corrected chi connectivity index (χ2v) is 3.89. The highest BCUT2D eigenvalue weighted by molar-refractivity contribution is 9.10. The first-order valence-electron chi connectivity index (χ1n) is 4.09.